The van der Waals surface area contributed by atoms with Crippen molar-refractivity contribution in [1.29, 1.82) is 0 Å². The molecule has 2 aromatic rings. The molecule has 1 aliphatic carbocycles. The fourth-order valence-corrected chi connectivity index (χ4v) is 4.36. The minimum absolute atomic E-state index is 0.0441. The number of fused-ring (bicyclic) bond motifs is 1. The zero-order valence-corrected chi connectivity index (χ0v) is 21.8. The first-order valence-electron chi connectivity index (χ1n) is 12.0. The summed E-state index contributed by atoms with van der Waals surface area (Å²) in [7, 11) is 0. The number of pyridine rings is 1. The van der Waals surface area contributed by atoms with Crippen molar-refractivity contribution in [3.05, 3.63) is 52.2 Å². The van der Waals surface area contributed by atoms with E-state index in [1.54, 1.807) is 0 Å². The van der Waals surface area contributed by atoms with Crippen LogP contribution in [-0.4, -0.2) is 22.6 Å². The van der Waals surface area contributed by atoms with Crippen molar-refractivity contribution < 1.29 is 9.90 Å². The lowest BCUT2D eigenvalue weighted by Gasteiger charge is -2.32. The number of anilines is 2. The van der Waals surface area contributed by atoms with E-state index in [0.717, 1.165) is 30.8 Å². The number of carbonyl (C=O) groups is 1. The molecule has 0 radical (unpaired) electrons. The standard InChI is InChI=1S/C26H36N2O2.C2H6/c1-16(2)15-28(23-11-17(3)20(14-27-23)24(29)30)22-13-18(25(4,5)6)12-21-19(22)9-10-26(21,7)8;1-2/h11-14,16H,9-10,15H2,1-8H3,(H,29,30);1-2H3. The Morgan fingerprint density at radius 3 is 2.31 bits per heavy atom. The molecule has 1 aromatic carbocycles. The predicted molar refractivity (Wildman–Crippen MR) is 136 cm³/mol. The third kappa shape index (κ3) is 5.33. The van der Waals surface area contributed by atoms with Crippen LogP contribution in [0.3, 0.4) is 0 Å². The fraction of sp³-hybridized carbons (Fsp3) is 0.571. The molecule has 0 bridgehead atoms. The van der Waals surface area contributed by atoms with Gasteiger partial charge in [0.2, 0.25) is 0 Å². The molecule has 1 N–H and O–H groups in total. The molecule has 1 aromatic heterocycles. The molecule has 1 heterocycles. The van der Waals surface area contributed by atoms with Crippen LogP contribution in [0.2, 0.25) is 0 Å². The number of aryl methyl sites for hydroxylation is 1. The second kappa shape index (κ2) is 9.64. The van der Waals surface area contributed by atoms with Gasteiger partial charge in [0.25, 0.3) is 0 Å². The number of hydrogen-bond donors (Lipinski definition) is 1. The predicted octanol–water partition coefficient (Wildman–Crippen LogP) is 7.43. The highest BCUT2D eigenvalue weighted by atomic mass is 16.4. The van der Waals surface area contributed by atoms with Gasteiger partial charge in [-0.3, -0.25) is 0 Å². The third-order valence-electron chi connectivity index (χ3n) is 6.26. The Bertz CT molecular complexity index is 968. The Labute approximate surface area is 195 Å². The normalized spacial score (nSPS) is 14.6. The van der Waals surface area contributed by atoms with Gasteiger partial charge >= 0.3 is 5.97 Å². The zero-order valence-electron chi connectivity index (χ0n) is 21.8. The number of carboxylic acid groups (broad SMARTS) is 1. The van der Waals surface area contributed by atoms with E-state index in [2.05, 4.69) is 70.5 Å². The average Bonchev–Trinajstić information content (AvgIpc) is 3.01. The number of benzene rings is 1. The van der Waals surface area contributed by atoms with Gasteiger partial charge in [0.05, 0.1) is 5.56 Å². The lowest BCUT2D eigenvalue weighted by atomic mass is 9.80. The van der Waals surface area contributed by atoms with E-state index < -0.39 is 5.97 Å². The Morgan fingerprint density at radius 2 is 1.81 bits per heavy atom. The zero-order chi connectivity index (χ0) is 24.4. The summed E-state index contributed by atoms with van der Waals surface area (Å²) < 4.78 is 0. The lowest BCUT2D eigenvalue weighted by molar-refractivity contribution is 0.0695. The Hall–Kier alpha value is -2.36. The molecule has 176 valence electrons. The maximum atomic E-state index is 11.5. The smallest absolute Gasteiger partial charge is 0.337 e. The summed E-state index contributed by atoms with van der Waals surface area (Å²) in [6.45, 7) is 22.6. The number of rotatable bonds is 5. The van der Waals surface area contributed by atoms with Crippen molar-refractivity contribution in [3.63, 3.8) is 0 Å². The van der Waals surface area contributed by atoms with Crippen molar-refractivity contribution in [3.8, 4) is 0 Å². The van der Waals surface area contributed by atoms with Crippen LogP contribution < -0.4 is 4.90 Å². The summed E-state index contributed by atoms with van der Waals surface area (Å²) in [5.41, 5.74) is 6.62. The Kier molecular flexibility index (Phi) is 7.80. The molecule has 0 saturated heterocycles. The van der Waals surface area contributed by atoms with E-state index in [-0.39, 0.29) is 16.4 Å². The van der Waals surface area contributed by atoms with E-state index in [0.29, 0.717) is 5.92 Å². The lowest BCUT2D eigenvalue weighted by Crippen LogP contribution is -2.26. The SMILES string of the molecule is CC.Cc1cc(N(CC(C)C)c2cc(C(C)(C)C)cc3c2CCC3(C)C)ncc1C(=O)O. The first kappa shape index (κ1) is 25.9. The van der Waals surface area contributed by atoms with Gasteiger partial charge in [0.1, 0.15) is 5.82 Å². The van der Waals surface area contributed by atoms with E-state index in [9.17, 15) is 9.90 Å². The fourth-order valence-electron chi connectivity index (χ4n) is 4.36. The van der Waals surface area contributed by atoms with Crippen LogP contribution in [0, 0.1) is 12.8 Å². The van der Waals surface area contributed by atoms with Gasteiger partial charge in [-0.25, -0.2) is 9.78 Å². The number of hydrogen-bond acceptors (Lipinski definition) is 3. The first-order chi connectivity index (χ1) is 14.8. The average molecular weight is 439 g/mol. The molecule has 0 aliphatic heterocycles. The minimum atomic E-state index is -0.931. The minimum Gasteiger partial charge on any atom is -0.478 e. The van der Waals surface area contributed by atoms with Gasteiger partial charge in [-0.15, -0.1) is 0 Å². The van der Waals surface area contributed by atoms with Crippen LogP contribution in [0.4, 0.5) is 11.5 Å². The Balaban J connectivity index is 0.00000176. The number of carboxylic acids is 1. The topological polar surface area (TPSA) is 53.4 Å². The van der Waals surface area contributed by atoms with Crippen LogP contribution in [0.25, 0.3) is 0 Å². The van der Waals surface area contributed by atoms with Gasteiger partial charge in [-0.05, 0) is 70.9 Å². The molecule has 0 unspecified atom stereocenters. The van der Waals surface area contributed by atoms with Crippen molar-refractivity contribution >= 4 is 17.5 Å². The molecule has 32 heavy (non-hydrogen) atoms. The van der Waals surface area contributed by atoms with Gasteiger partial charge < -0.3 is 10.0 Å². The molecular weight excluding hydrogens is 396 g/mol. The van der Waals surface area contributed by atoms with E-state index >= 15 is 0 Å². The highest BCUT2D eigenvalue weighted by molar-refractivity contribution is 5.89. The highest BCUT2D eigenvalue weighted by Gasteiger charge is 2.35. The van der Waals surface area contributed by atoms with Crippen molar-refractivity contribution in [2.24, 2.45) is 5.92 Å². The van der Waals surface area contributed by atoms with Crippen LogP contribution >= 0.6 is 0 Å². The van der Waals surface area contributed by atoms with E-state index in [1.807, 2.05) is 26.8 Å². The van der Waals surface area contributed by atoms with Crippen molar-refractivity contribution in [2.45, 2.75) is 92.9 Å². The molecule has 1 aliphatic rings. The number of aromatic nitrogens is 1. The summed E-state index contributed by atoms with van der Waals surface area (Å²) in [5.74, 6) is 0.332. The van der Waals surface area contributed by atoms with E-state index in [1.165, 1.54) is 28.6 Å². The molecule has 0 saturated carbocycles. The number of aromatic carboxylic acids is 1. The summed E-state index contributed by atoms with van der Waals surface area (Å²) in [5, 5.41) is 9.41. The second-order valence-electron chi connectivity index (χ2n) is 10.8. The molecule has 3 rings (SSSR count). The van der Waals surface area contributed by atoms with E-state index in [4.69, 9.17) is 0 Å². The molecule has 0 fully saturated rings. The molecule has 4 nitrogen and oxygen atoms in total. The second-order valence-corrected chi connectivity index (χ2v) is 10.8. The Morgan fingerprint density at radius 1 is 1.19 bits per heavy atom. The first-order valence-corrected chi connectivity index (χ1v) is 12.0. The van der Waals surface area contributed by atoms with Crippen LogP contribution in [-0.2, 0) is 17.3 Å². The van der Waals surface area contributed by atoms with Crippen LogP contribution in [0.15, 0.2) is 24.4 Å². The molecule has 0 amide bonds. The van der Waals surface area contributed by atoms with Gasteiger partial charge in [0.15, 0.2) is 0 Å². The summed E-state index contributed by atoms with van der Waals surface area (Å²) in [6, 6.07) is 6.67. The maximum absolute atomic E-state index is 11.5. The largest absolute Gasteiger partial charge is 0.478 e. The monoisotopic (exact) mass is 438 g/mol. The summed E-state index contributed by atoms with van der Waals surface area (Å²) in [6.07, 6.45) is 3.70. The quantitative estimate of drug-likeness (QED) is 0.527. The number of nitrogens with zero attached hydrogens (tertiary/aromatic N) is 2. The van der Waals surface area contributed by atoms with Gasteiger partial charge in [0, 0.05) is 18.4 Å². The van der Waals surface area contributed by atoms with Crippen LogP contribution in [0.5, 0.6) is 0 Å². The summed E-state index contributed by atoms with van der Waals surface area (Å²) >= 11 is 0. The molecule has 0 atom stereocenters. The van der Waals surface area contributed by atoms with Gasteiger partial charge in [-0.2, -0.15) is 0 Å². The van der Waals surface area contributed by atoms with Gasteiger partial charge in [-0.1, -0.05) is 68.4 Å². The summed E-state index contributed by atoms with van der Waals surface area (Å²) in [4.78, 5) is 18.4. The van der Waals surface area contributed by atoms with Crippen molar-refractivity contribution in [1.82, 2.24) is 4.98 Å². The molecular formula is C28H42N2O2. The van der Waals surface area contributed by atoms with Crippen LogP contribution in [0.1, 0.15) is 101 Å². The highest BCUT2D eigenvalue weighted by Crippen LogP contribution is 2.46. The third-order valence-corrected chi connectivity index (χ3v) is 6.26. The molecule has 0 spiro atoms. The van der Waals surface area contributed by atoms with Crippen molar-refractivity contribution in [2.75, 3.05) is 11.4 Å². The molecule has 4 heteroatoms. The maximum Gasteiger partial charge on any atom is 0.337 e.